The maximum Gasteiger partial charge on any atom is 0.251 e. The summed E-state index contributed by atoms with van der Waals surface area (Å²) in [5.41, 5.74) is 4.09. The highest BCUT2D eigenvalue weighted by Crippen LogP contribution is 2.31. The fourth-order valence-electron chi connectivity index (χ4n) is 3.29. The molecule has 0 aromatic heterocycles. The molecule has 0 spiro atoms. The molecule has 3 aromatic rings. The van der Waals surface area contributed by atoms with Gasteiger partial charge in [-0.15, -0.1) is 11.8 Å². The Balaban J connectivity index is 1.63. The van der Waals surface area contributed by atoms with Crippen LogP contribution in [0.15, 0.2) is 71.6 Å². The van der Waals surface area contributed by atoms with E-state index in [4.69, 9.17) is 9.47 Å². The van der Waals surface area contributed by atoms with E-state index in [1.165, 1.54) is 16.0 Å². The molecule has 0 aliphatic rings. The number of benzene rings is 3. The van der Waals surface area contributed by atoms with E-state index in [-0.39, 0.29) is 11.9 Å². The maximum atomic E-state index is 12.8. The summed E-state index contributed by atoms with van der Waals surface area (Å²) in [5, 5.41) is 3.13. The molecule has 1 amide bonds. The molecule has 0 radical (unpaired) electrons. The molecule has 0 bridgehead atoms. The average Bonchev–Trinajstić information content (AvgIpc) is 2.81. The number of rotatable bonds is 9. The fraction of sp³-hybridized carbons (Fsp3) is 0.269. The molecule has 0 fully saturated rings. The average molecular weight is 436 g/mol. The molecular weight excluding hydrogens is 406 g/mol. The Morgan fingerprint density at radius 3 is 2.23 bits per heavy atom. The highest BCUT2D eigenvalue weighted by Gasteiger charge is 2.16. The van der Waals surface area contributed by atoms with Gasteiger partial charge in [0.15, 0.2) is 11.5 Å². The van der Waals surface area contributed by atoms with Crippen LogP contribution in [0.4, 0.5) is 0 Å². The van der Waals surface area contributed by atoms with Crippen LogP contribution in [-0.4, -0.2) is 20.1 Å². The van der Waals surface area contributed by atoms with E-state index >= 15 is 0 Å². The Kier molecular flexibility index (Phi) is 8.01. The van der Waals surface area contributed by atoms with E-state index < -0.39 is 0 Å². The van der Waals surface area contributed by atoms with Crippen LogP contribution in [0.5, 0.6) is 11.5 Å². The number of methoxy groups -OCH3 is 2. The summed E-state index contributed by atoms with van der Waals surface area (Å²) in [6, 6.07) is 22.0. The molecule has 0 saturated heterocycles. The number of thioether (sulfide) groups is 1. The second-order valence-electron chi connectivity index (χ2n) is 7.35. The first-order chi connectivity index (χ1) is 15.0. The van der Waals surface area contributed by atoms with E-state index in [0.29, 0.717) is 17.1 Å². The quantitative estimate of drug-likeness (QED) is 0.407. The van der Waals surface area contributed by atoms with Gasteiger partial charge in [-0.25, -0.2) is 0 Å². The molecule has 31 heavy (non-hydrogen) atoms. The largest absolute Gasteiger partial charge is 0.493 e. The maximum absolute atomic E-state index is 12.8. The van der Waals surface area contributed by atoms with Gasteiger partial charge in [0.2, 0.25) is 0 Å². The lowest BCUT2D eigenvalue weighted by Crippen LogP contribution is -2.28. The zero-order chi connectivity index (χ0) is 22.2. The molecule has 1 atom stereocenters. The minimum atomic E-state index is -0.107. The van der Waals surface area contributed by atoms with Crippen LogP contribution in [0.25, 0.3) is 0 Å². The third-order valence-corrected chi connectivity index (χ3v) is 6.25. The Bertz CT molecular complexity index is 1000. The van der Waals surface area contributed by atoms with Gasteiger partial charge in [-0.2, -0.15) is 0 Å². The van der Waals surface area contributed by atoms with E-state index in [9.17, 15) is 4.79 Å². The third kappa shape index (κ3) is 6.05. The predicted octanol–water partition coefficient (Wildman–Crippen LogP) is 6.19. The standard InChI is InChI=1S/C26H29NO3S/c1-5-23(21-12-15-24(29-3)25(16-21)30-4)27-26(28)20-10-8-19(9-11-20)17-31-22-13-6-18(2)7-14-22/h6-16,23H,5,17H2,1-4H3,(H,27,28)/t23-/m1/s1. The molecule has 0 aliphatic heterocycles. The molecule has 0 unspecified atom stereocenters. The first-order valence-corrected chi connectivity index (χ1v) is 11.3. The van der Waals surface area contributed by atoms with E-state index in [1.807, 2.05) is 49.4 Å². The lowest BCUT2D eigenvalue weighted by molar-refractivity contribution is 0.0935. The van der Waals surface area contributed by atoms with Gasteiger partial charge in [0.05, 0.1) is 20.3 Å². The van der Waals surface area contributed by atoms with Crippen LogP contribution in [0.2, 0.25) is 0 Å². The molecule has 1 N–H and O–H groups in total. The second kappa shape index (κ2) is 10.9. The van der Waals surface area contributed by atoms with Gasteiger partial charge in [-0.05, 0) is 60.9 Å². The summed E-state index contributed by atoms with van der Waals surface area (Å²) < 4.78 is 10.7. The van der Waals surface area contributed by atoms with Crippen LogP contribution in [0.3, 0.4) is 0 Å². The van der Waals surface area contributed by atoms with Crippen molar-refractivity contribution in [2.45, 2.75) is 37.0 Å². The van der Waals surface area contributed by atoms with Crippen LogP contribution in [-0.2, 0) is 5.75 Å². The van der Waals surface area contributed by atoms with Crippen molar-refractivity contribution in [3.05, 3.63) is 89.0 Å². The summed E-state index contributed by atoms with van der Waals surface area (Å²) in [5.74, 6) is 2.11. The number of amides is 1. The van der Waals surface area contributed by atoms with Crippen LogP contribution in [0.1, 0.15) is 46.4 Å². The predicted molar refractivity (Wildman–Crippen MR) is 127 cm³/mol. The van der Waals surface area contributed by atoms with Crippen LogP contribution < -0.4 is 14.8 Å². The van der Waals surface area contributed by atoms with E-state index in [1.54, 1.807) is 26.0 Å². The number of hydrogen-bond donors (Lipinski definition) is 1. The smallest absolute Gasteiger partial charge is 0.251 e. The highest BCUT2D eigenvalue weighted by atomic mass is 32.2. The Hall–Kier alpha value is -2.92. The number of nitrogens with one attached hydrogen (secondary N) is 1. The number of aryl methyl sites for hydroxylation is 1. The normalized spacial score (nSPS) is 11.6. The SMILES string of the molecule is CC[C@@H](NC(=O)c1ccc(CSc2ccc(C)cc2)cc1)c1ccc(OC)c(OC)c1. The molecular formula is C26H29NO3S. The fourth-order valence-corrected chi connectivity index (χ4v) is 4.14. The number of ether oxygens (including phenoxy) is 2. The highest BCUT2D eigenvalue weighted by molar-refractivity contribution is 7.98. The summed E-state index contributed by atoms with van der Waals surface area (Å²) >= 11 is 1.79. The summed E-state index contributed by atoms with van der Waals surface area (Å²) in [4.78, 5) is 14.1. The lowest BCUT2D eigenvalue weighted by Gasteiger charge is -2.19. The molecule has 0 aliphatic carbocycles. The van der Waals surface area contributed by atoms with Crippen molar-refractivity contribution in [2.75, 3.05) is 14.2 Å². The number of carbonyl (C=O) groups is 1. The van der Waals surface area contributed by atoms with Crippen molar-refractivity contribution in [3.8, 4) is 11.5 Å². The zero-order valence-corrected chi connectivity index (χ0v) is 19.3. The van der Waals surface area contributed by atoms with Crippen molar-refractivity contribution >= 4 is 17.7 Å². The molecule has 3 rings (SSSR count). The zero-order valence-electron chi connectivity index (χ0n) is 18.5. The van der Waals surface area contributed by atoms with Gasteiger partial charge >= 0.3 is 0 Å². The van der Waals surface area contributed by atoms with Crippen molar-refractivity contribution in [3.63, 3.8) is 0 Å². The van der Waals surface area contributed by atoms with Crippen LogP contribution in [0, 0.1) is 6.92 Å². The summed E-state index contributed by atoms with van der Waals surface area (Å²) in [6.07, 6.45) is 0.770. The molecule has 0 saturated carbocycles. The van der Waals surface area contributed by atoms with Crippen LogP contribution >= 0.6 is 11.8 Å². The number of hydrogen-bond acceptors (Lipinski definition) is 4. The first kappa shape index (κ1) is 22.8. The van der Waals surface area contributed by atoms with Gasteiger partial charge in [-0.1, -0.05) is 42.8 Å². The van der Waals surface area contributed by atoms with E-state index in [2.05, 4.69) is 36.5 Å². The third-order valence-electron chi connectivity index (χ3n) is 5.17. The van der Waals surface area contributed by atoms with Gasteiger partial charge in [-0.3, -0.25) is 4.79 Å². The van der Waals surface area contributed by atoms with Gasteiger partial charge < -0.3 is 14.8 Å². The monoisotopic (exact) mass is 435 g/mol. The Labute approximate surface area is 189 Å². The van der Waals surface area contributed by atoms with Gasteiger partial charge in [0.1, 0.15) is 0 Å². The molecule has 5 heteroatoms. The Morgan fingerprint density at radius 1 is 0.935 bits per heavy atom. The molecule has 4 nitrogen and oxygen atoms in total. The second-order valence-corrected chi connectivity index (χ2v) is 8.40. The van der Waals surface area contributed by atoms with Gasteiger partial charge in [0, 0.05) is 16.2 Å². The van der Waals surface area contributed by atoms with Crippen molar-refractivity contribution in [1.29, 1.82) is 0 Å². The van der Waals surface area contributed by atoms with Crippen molar-refractivity contribution < 1.29 is 14.3 Å². The van der Waals surface area contributed by atoms with Crippen molar-refractivity contribution in [2.24, 2.45) is 0 Å². The Morgan fingerprint density at radius 2 is 1.61 bits per heavy atom. The van der Waals surface area contributed by atoms with Gasteiger partial charge in [0.25, 0.3) is 5.91 Å². The molecule has 162 valence electrons. The summed E-state index contributed by atoms with van der Waals surface area (Å²) in [7, 11) is 3.22. The first-order valence-electron chi connectivity index (χ1n) is 10.3. The van der Waals surface area contributed by atoms with Crippen molar-refractivity contribution in [1.82, 2.24) is 5.32 Å². The number of carbonyl (C=O) groups excluding carboxylic acids is 1. The lowest BCUT2D eigenvalue weighted by atomic mass is 10.0. The minimum Gasteiger partial charge on any atom is -0.493 e. The molecule has 3 aromatic carbocycles. The summed E-state index contributed by atoms with van der Waals surface area (Å²) in [6.45, 7) is 4.14. The molecule has 0 heterocycles. The minimum absolute atomic E-state index is 0.0839. The topological polar surface area (TPSA) is 47.6 Å². The van der Waals surface area contributed by atoms with E-state index in [0.717, 1.165) is 17.7 Å².